The molecule has 0 radical (unpaired) electrons. The minimum Gasteiger partial charge on any atom is -0.398 e. The summed E-state index contributed by atoms with van der Waals surface area (Å²) in [6, 6.07) is 4.62. The summed E-state index contributed by atoms with van der Waals surface area (Å²) in [4.78, 5) is -0.0543. The van der Waals surface area contributed by atoms with E-state index in [1.165, 1.54) is 6.07 Å². The largest absolute Gasteiger partial charge is 0.398 e. The van der Waals surface area contributed by atoms with Gasteiger partial charge in [-0.2, -0.15) is 0 Å². The number of ether oxygens (including phenoxy) is 1. The number of hydrogen-bond donors (Lipinski definition) is 3. The molecule has 0 spiro atoms. The van der Waals surface area contributed by atoms with Gasteiger partial charge in [0.1, 0.15) is 4.90 Å². The van der Waals surface area contributed by atoms with Crippen LogP contribution in [0.3, 0.4) is 0 Å². The summed E-state index contributed by atoms with van der Waals surface area (Å²) >= 11 is 0. The van der Waals surface area contributed by atoms with Gasteiger partial charge in [0.05, 0.1) is 11.3 Å². The third-order valence-corrected chi connectivity index (χ3v) is 4.27. The van der Waals surface area contributed by atoms with E-state index in [2.05, 4.69) is 12.2 Å². The Morgan fingerprint density at radius 2 is 2.21 bits per heavy atom. The molecule has 1 aliphatic heterocycles. The van der Waals surface area contributed by atoms with E-state index in [0.717, 1.165) is 25.1 Å². The molecule has 1 aromatic carbocycles. The highest BCUT2D eigenvalue weighted by Crippen LogP contribution is 2.26. The number of anilines is 2. The topological polar surface area (TPSA) is 107 Å². The van der Waals surface area contributed by atoms with Crippen LogP contribution in [0, 0.1) is 0 Å². The van der Waals surface area contributed by atoms with E-state index in [0.29, 0.717) is 6.54 Å². The first-order chi connectivity index (χ1) is 8.80. The minimum atomic E-state index is -3.77. The third-order valence-electron chi connectivity index (χ3n) is 3.28. The molecule has 19 heavy (non-hydrogen) atoms. The van der Waals surface area contributed by atoms with Crippen LogP contribution in [0.4, 0.5) is 11.4 Å². The van der Waals surface area contributed by atoms with Crippen molar-refractivity contribution >= 4 is 21.4 Å². The van der Waals surface area contributed by atoms with Gasteiger partial charge in [0.2, 0.25) is 10.0 Å². The summed E-state index contributed by atoms with van der Waals surface area (Å²) in [6.45, 7) is 3.49. The van der Waals surface area contributed by atoms with Crippen LogP contribution >= 0.6 is 0 Å². The lowest BCUT2D eigenvalue weighted by molar-refractivity contribution is 0.0315. The molecule has 106 valence electrons. The molecule has 1 aliphatic rings. The molecule has 1 unspecified atom stereocenters. The van der Waals surface area contributed by atoms with E-state index in [9.17, 15) is 8.42 Å². The van der Waals surface area contributed by atoms with Crippen molar-refractivity contribution in [2.45, 2.75) is 30.3 Å². The number of hydrogen-bond acceptors (Lipinski definition) is 5. The van der Waals surface area contributed by atoms with Crippen LogP contribution in [0.2, 0.25) is 0 Å². The molecule has 7 heteroatoms. The predicted molar refractivity (Wildman–Crippen MR) is 74.3 cm³/mol. The van der Waals surface area contributed by atoms with Gasteiger partial charge in [0, 0.05) is 18.8 Å². The van der Waals surface area contributed by atoms with Crippen molar-refractivity contribution < 1.29 is 13.2 Å². The molecular formula is C12H19N3O3S. The summed E-state index contributed by atoms with van der Waals surface area (Å²) < 4.78 is 28.1. The van der Waals surface area contributed by atoms with Crippen molar-refractivity contribution in [3.05, 3.63) is 18.2 Å². The van der Waals surface area contributed by atoms with Gasteiger partial charge in [-0.05, 0) is 38.0 Å². The zero-order chi connectivity index (χ0) is 14.1. The number of sulfonamides is 1. The van der Waals surface area contributed by atoms with Crippen LogP contribution in [0.1, 0.15) is 19.8 Å². The van der Waals surface area contributed by atoms with Crippen LogP contribution < -0.4 is 16.2 Å². The molecule has 0 saturated carbocycles. The third kappa shape index (κ3) is 3.37. The van der Waals surface area contributed by atoms with E-state index >= 15 is 0 Å². The normalized spacial score (nSPS) is 23.5. The average Bonchev–Trinajstić information content (AvgIpc) is 2.73. The SMILES string of the molecule is CC1(CNc2ccc(S(N)(=O)=O)c(N)c2)CCCO1. The fraction of sp³-hybridized carbons (Fsp3) is 0.500. The molecule has 1 fully saturated rings. The first kappa shape index (κ1) is 14.1. The number of rotatable bonds is 4. The maximum atomic E-state index is 11.2. The number of nitrogens with one attached hydrogen (secondary N) is 1. The molecule has 1 heterocycles. The van der Waals surface area contributed by atoms with Crippen molar-refractivity contribution in [3.63, 3.8) is 0 Å². The molecule has 2 rings (SSSR count). The quantitative estimate of drug-likeness (QED) is 0.712. The summed E-state index contributed by atoms with van der Waals surface area (Å²) in [5.41, 5.74) is 6.42. The number of nitrogen functional groups attached to an aromatic ring is 1. The molecule has 0 aliphatic carbocycles. The Hall–Kier alpha value is -1.31. The molecule has 5 N–H and O–H groups in total. The van der Waals surface area contributed by atoms with E-state index in [1.54, 1.807) is 12.1 Å². The van der Waals surface area contributed by atoms with E-state index in [4.69, 9.17) is 15.6 Å². The standard InChI is InChI=1S/C12H19N3O3S/c1-12(5-2-6-18-12)8-15-9-3-4-11(10(13)7-9)19(14,16)17/h3-4,7,15H,2,5-6,8,13H2,1H3,(H2,14,16,17). The van der Waals surface area contributed by atoms with Crippen LogP contribution in [0.25, 0.3) is 0 Å². The zero-order valence-electron chi connectivity index (χ0n) is 10.8. The van der Waals surface area contributed by atoms with Gasteiger partial charge in [-0.15, -0.1) is 0 Å². The van der Waals surface area contributed by atoms with Crippen molar-refractivity contribution in [3.8, 4) is 0 Å². The zero-order valence-corrected chi connectivity index (χ0v) is 11.7. The Morgan fingerprint density at radius 1 is 1.47 bits per heavy atom. The maximum absolute atomic E-state index is 11.2. The lowest BCUT2D eigenvalue weighted by Crippen LogP contribution is -2.32. The molecule has 6 nitrogen and oxygen atoms in total. The van der Waals surface area contributed by atoms with Crippen LogP contribution in [0.5, 0.6) is 0 Å². The first-order valence-corrected chi connectivity index (χ1v) is 7.65. The summed E-state index contributed by atoms with van der Waals surface area (Å²) in [7, 11) is -3.77. The average molecular weight is 285 g/mol. The summed E-state index contributed by atoms with van der Waals surface area (Å²) in [5.74, 6) is 0. The number of benzene rings is 1. The fourth-order valence-electron chi connectivity index (χ4n) is 2.18. The molecule has 1 aromatic rings. The lowest BCUT2D eigenvalue weighted by Gasteiger charge is -2.24. The van der Waals surface area contributed by atoms with Gasteiger partial charge >= 0.3 is 0 Å². The highest BCUT2D eigenvalue weighted by Gasteiger charge is 2.29. The molecule has 0 bridgehead atoms. The van der Waals surface area contributed by atoms with Gasteiger partial charge in [-0.25, -0.2) is 13.6 Å². The fourth-order valence-corrected chi connectivity index (χ4v) is 2.83. The number of nitrogens with two attached hydrogens (primary N) is 2. The Balaban J connectivity index is 2.08. The number of primary sulfonamides is 1. The first-order valence-electron chi connectivity index (χ1n) is 6.10. The Morgan fingerprint density at radius 3 is 2.74 bits per heavy atom. The van der Waals surface area contributed by atoms with Gasteiger partial charge < -0.3 is 15.8 Å². The second-order valence-electron chi connectivity index (χ2n) is 5.05. The van der Waals surface area contributed by atoms with Crippen LogP contribution in [0.15, 0.2) is 23.1 Å². The maximum Gasteiger partial charge on any atom is 0.240 e. The Labute approximate surface area is 113 Å². The highest BCUT2D eigenvalue weighted by molar-refractivity contribution is 7.89. The van der Waals surface area contributed by atoms with Crippen LogP contribution in [-0.2, 0) is 14.8 Å². The second kappa shape index (κ2) is 4.99. The van der Waals surface area contributed by atoms with Gasteiger partial charge in [0.15, 0.2) is 0 Å². The molecule has 1 saturated heterocycles. The molecule has 0 aromatic heterocycles. The lowest BCUT2D eigenvalue weighted by atomic mass is 10.0. The highest BCUT2D eigenvalue weighted by atomic mass is 32.2. The van der Waals surface area contributed by atoms with Crippen LogP contribution in [-0.4, -0.2) is 27.2 Å². The van der Waals surface area contributed by atoms with E-state index in [-0.39, 0.29) is 16.2 Å². The van der Waals surface area contributed by atoms with Gasteiger partial charge in [-0.1, -0.05) is 0 Å². The van der Waals surface area contributed by atoms with E-state index in [1.807, 2.05) is 0 Å². The Bertz CT molecular complexity index is 566. The molecule has 0 amide bonds. The van der Waals surface area contributed by atoms with Crippen molar-refractivity contribution in [2.75, 3.05) is 24.2 Å². The van der Waals surface area contributed by atoms with Crippen molar-refractivity contribution in [1.82, 2.24) is 0 Å². The van der Waals surface area contributed by atoms with Crippen molar-refractivity contribution in [1.29, 1.82) is 0 Å². The Kier molecular flexibility index (Phi) is 3.71. The smallest absolute Gasteiger partial charge is 0.240 e. The van der Waals surface area contributed by atoms with Gasteiger partial charge in [-0.3, -0.25) is 0 Å². The van der Waals surface area contributed by atoms with Gasteiger partial charge in [0.25, 0.3) is 0 Å². The molecule has 1 atom stereocenters. The predicted octanol–water partition coefficient (Wildman–Crippen LogP) is 0.897. The van der Waals surface area contributed by atoms with E-state index < -0.39 is 10.0 Å². The summed E-state index contributed by atoms with van der Waals surface area (Å²) in [5, 5.41) is 8.26. The minimum absolute atomic E-state index is 0.0543. The summed E-state index contributed by atoms with van der Waals surface area (Å²) in [6.07, 6.45) is 2.06. The van der Waals surface area contributed by atoms with Crippen molar-refractivity contribution in [2.24, 2.45) is 5.14 Å². The second-order valence-corrected chi connectivity index (χ2v) is 6.58. The molecular weight excluding hydrogens is 266 g/mol. The monoisotopic (exact) mass is 285 g/mol.